The zero-order valence-electron chi connectivity index (χ0n) is 12.8. The number of hydrogen-bond acceptors (Lipinski definition) is 6. The van der Waals surface area contributed by atoms with Crippen molar-refractivity contribution in [2.45, 2.75) is 24.3 Å². The summed E-state index contributed by atoms with van der Waals surface area (Å²) in [5, 5.41) is 2.85. The van der Waals surface area contributed by atoms with Crippen LogP contribution in [0.1, 0.15) is 13.3 Å². The van der Waals surface area contributed by atoms with E-state index in [-0.39, 0.29) is 10.9 Å². The van der Waals surface area contributed by atoms with Crippen molar-refractivity contribution in [1.29, 1.82) is 0 Å². The molecule has 0 aliphatic carbocycles. The van der Waals surface area contributed by atoms with Crippen LogP contribution in [0.15, 0.2) is 40.7 Å². The highest BCUT2D eigenvalue weighted by atomic mass is 32.2. The predicted octanol–water partition coefficient (Wildman–Crippen LogP) is 2.10. The van der Waals surface area contributed by atoms with Gasteiger partial charge < -0.3 is 9.64 Å². The third-order valence-corrected chi connectivity index (χ3v) is 6.03. The van der Waals surface area contributed by atoms with E-state index in [0.29, 0.717) is 18.9 Å². The third kappa shape index (κ3) is 3.65. The van der Waals surface area contributed by atoms with Crippen molar-refractivity contribution in [3.63, 3.8) is 0 Å². The maximum Gasteiger partial charge on any atom is 0.244 e. The molecule has 2 aromatic rings. The number of sulfonamides is 1. The van der Waals surface area contributed by atoms with Crippen molar-refractivity contribution >= 4 is 26.5 Å². The smallest absolute Gasteiger partial charge is 0.244 e. The van der Waals surface area contributed by atoms with Gasteiger partial charge in [-0.25, -0.2) is 18.1 Å². The average molecular weight is 353 g/mol. The number of rotatable bonds is 6. The molecule has 1 N–H and O–H groups in total. The third-order valence-electron chi connectivity index (χ3n) is 3.64. The van der Waals surface area contributed by atoms with E-state index in [4.69, 9.17) is 4.74 Å². The van der Waals surface area contributed by atoms with Crippen LogP contribution in [0.3, 0.4) is 0 Å². The minimum absolute atomic E-state index is 0.126. The van der Waals surface area contributed by atoms with Crippen molar-refractivity contribution in [1.82, 2.24) is 9.71 Å². The number of para-hydroxylation sites is 1. The largest absolute Gasteiger partial charge is 0.492 e. The summed E-state index contributed by atoms with van der Waals surface area (Å²) in [5.41, 5.74) is 0. The molecule has 6 nitrogen and oxygen atoms in total. The summed E-state index contributed by atoms with van der Waals surface area (Å²) in [6.45, 7) is 3.69. The molecule has 1 atom stereocenters. The first kappa shape index (κ1) is 16.2. The van der Waals surface area contributed by atoms with Crippen molar-refractivity contribution in [2.24, 2.45) is 0 Å². The van der Waals surface area contributed by atoms with Crippen molar-refractivity contribution in [3.8, 4) is 5.75 Å². The van der Waals surface area contributed by atoms with Crippen LogP contribution >= 0.6 is 11.3 Å². The van der Waals surface area contributed by atoms with Gasteiger partial charge in [-0.05, 0) is 25.5 Å². The van der Waals surface area contributed by atoms with Crippen LogP contribution in [0, 0.1) is 0 Å². The van der Waals surface area contributed by atoms with E-state index in [1.165, 1.54) is 0 Å². The molecule has 1 aliphatic rings. The molecule has 1 aromatic carbocycles. The highest BCUT2D eigenvalue weighted by molar-refractivity contribution is 7.89. The number of ether oxygens (including phenoxy) is 1. The Balaban J connectivity index is 1.72. The molecule has 0 bridgehead atoms. The standard InChI is InChI=1S/C15H19N3O3S2/c1-2-21-13-5-3-4-6-14(13)23(19,20)17-12-7-9-18(11-12)15-16-8-10-22-15/h3-6,8,10,12,17H,2,7,9,11H2,1H3. The van der Waals surface area contributed by atoms with E-state index in [9.17, 15) is 8.42 Å². The minimum Gasteiger partial charge on any atom is -0.492 e. The molecule has 0 spiro atoms. The fraction of sp³-hybridized carbons (Fsp3) is 0.400. The monoisotopic (exact) mass is 353 g/mol. The summed E-state index contributed by atoms with van der Waals surface area (Å²) >= 11 is 1.56. The van der Waals surface area contributed by atoms with Gasteiger partial charge in [0.1, 0.15) is 10.6 Å². The number of nitrogens with zero attached hydrogens (tertiary/aromatic N) is 2. The van der Waals surface area contributed by atoms with Gasteiger partial charge in [-0.15, -0.1) is 11.3 Å². The minimum atomic E-state index is -3.61. The predicted molar refractivity (Wildman–Crippen MR) is 90.7 cm³/mol. The molecule has 1 unspecified atom stereocenters. The molecule has 1 aromatic heterocycles. The van der Waals surface area contributed by atoms with Gasteiger partial charge in [0.15, 0.2) is 5.13 Å². The number of aromatic nitrogens is 1. The Morgan fingerprint density at radius 1 is 1.43 bits per heavy atom. The second kappa shape index (κ2) is 6.86. The zero-order valence-corrected chi connectivity index (χ0v) is 14.4. The topological polar surface area (TPSA) is 71.5 Å². The normalized spacial score (nSPS) is 18.3. The van der Waals surface area contributed by atoms with Gasteiger partial charge in [-0.3, -0.25) is 0 Å². The first-order chi connectivity index (χ1) is 11.1. The molecule has 1 saturated heterocycles. The van der Waals surface area contributed by atoms with Crippen LogP contribution < -0.4 is 14.4 Å². The highest BCUT2D eigenvalue weighted by Gasteiger charge is 2.29. The van der Waals surface area contributed by atoms with Gasteiger partial charge >= 0.3 is 0 Å². The van der Waals surface area contributed by atoms with E-state index in [1.54, 1.807) is 41.8 Å². The molecule has 1 fully saturated rings. The lowest BCUT2D eigenvalue weighted by Crippen LogP contribution is -2.37. The molecule has 1 aliphatic heterocycles. The van der Waals surface area contributed by atoms with Crippen LogP contribution in [-0.2, 0) is 10.0 Å². The molecule has 0 radical (unpaired) electrons. The number of nitrogens with one attached hydrogen (secondary N) is 1. The molecular weight excluding hydrogens is 334 g/mol. The Hall–Kier alpha value is -1.64. The first-order valence-electron chi connectivity index (χ1n) is 7.49. The maximum absolute atomic E-state index is 12.7. The first-order valence-corrected chi connectivity index (χ1v) is 9.85. The van der Waals surface area contributed by atoms with Crippen LogP contribution in [0.4, 0.5) is 5.13 Å². The molecule has 2 heterocycles. The Labute approximate surface area is 140 Å². The molecule has 0 saturated carbocycles. The second-order valence-electron chi connectivity index (χ2n) is 5.25. The fourth-order valence-corrected chi connectivity index (χ4v) is 4.72. The van der Waals surface area contributed by atoms with E-state index < -0.39 is 10.0 Å². The number of benzene rings is 1. The van der Waals surface area contributed by atoms with Crippen molar-refractivity contribution < 1.29 is 13.2 Å². The lowest BCUT2D eigenvalue weighted by molar-refractivity contribution is 0.331. The summed E-state index contributed by atoms with van der Waals surface area (Å²) in [6.07, 6.45) is 2.52. The second-order valence-corrected chi connectivity index (χ2v) is 7.80. The van der Waals surface area contributed by atoms with Crippen molar-refractivity contribution in [3.05, 3.63) is 35.8 Å². The van der Waals surface area contributed by atoms with Gasteiger partial charge in [-0.1, -0.05) is 12.1 Å². The molecule has 23 heavy (non-hydrogen) atoms. The van der Waals surface area contributed by atoms with Crippen LogP contribution in [0.2, 0.25) is 0 Å². The lowest BCUT2D eigenvalue weighted by Gasteiger charge is -2.17. The molecule has 3 rings (SSSR count). The Bertz CT molecular complexity index is 747. The summed E-state index contributed by atoms with van der Waals surface area (Å²) in [5.74, 6) is 0.386. The average Bonchev–Trinajstić information content (AvgIpc) is 3.18. The van der Waals surface area contributed by atoms with E-state index in [2.05, 4.69) is 14.6 Å². The summed E-state index contributed by atoms with van der Waals surface area (Å²) in [4.78, 5) is 6.57. The quantitative estimate of drug-likeness (QED) is 0.861. The van der Waals surface area contributed by atoms with Gasteiger partial charge in [0.25, 0.3) is 0 Å². The Morgan fingerprint density at radius 3 is 3.00 bits per heavy atom. The van der Waals surface area contributed by atoms with E-state index >= 15 is 0 Å². The van der Waals surface area contributed by atoms with Crippen LogP contribution in [0.25, 0.3) is 0 Å². The van der Waals surface area contributed by atoms with Crippen LogP contribution in [-0.4, -0.2) is 39.1 Å². The highest BCUT2D eigenvalue weighted by Crippen LogP contribution is 2.26. The van der Waals surface area contributed by atoms with Gasteiger partial charge in [0, 0.05) is 30.7 Å². The summed E-state index contributed by atoms with van der Waals surface area (Å²) < 4.78 is 33.5. The summed E-state index contributed by atoms with van der Waals surface area (Å²) in [6, 6.07) is 6.59. The Morgan fingerprint density at radius 2 is 2.26 bits per heavy atom. The number of anilines is 1. The molecular formula is C15H19N3O3S2. The summed E-state index contributed by atoms with van der Waals surface area (Å²) in [7, 11) is -3.61. The van der Waals surface area contributed by atoms with E-state index in [1.807, 2.05) is 12.3 Å². The Kier molecular flexibility index (Phi) is 4.84. The van der Waals surface area contributed by atoms with Crippen molar-refractivity contribution in [2.75, 3.05) is 24.6 Å². The SMILES string of the molecule is CCOc1ccccc1S(=O)(=O)NC1CCN(c2nccs2)C1. The van der Waals surface area contributed by atoms with Gasteiger partial charge in [0.05, 0.1) is 6.61 Å². The number of hydrogen-bond donors (Lipinski definition) is 1. The zero-order chi connectivity index (χ0) is 16.3. The molecule has 124 valence electrons. The fourth-order valence-electron chi connectivity index (χ4n) is 2.63. The molecule has 0 amide bonds. The van der Waals surface area contributed by atoms with Gasteiger partial charge in [-0.2, -0.15) is 0 Å². The maximum atomic E-state index is 12.7. The van der Waals surface area contributed by atoms with Crippen LogP contribution in [0.5, 0.6) is 5.75 Å². The number of thiazole rings is 1. The van der Waals surface area contributed by atoms with E-state index in [0.717, 1.165) is 18.1 Å². The van der Waals surface area contributed by atoms with Gasteiger partial charge in [0.2, 0.25) is 10.0 Å². The molecule has 8 heteroatoms. The lowest BCUT2D eigenvalue weighted by atomic mass is 10.3.